The lowest BCUT2D eigenvalue weighted by molar-refractivity contribution is -0.130. The Labute approximate surface area is 163 Å². The second kappa shape index (κ2) is 7.44. The van der Waals surface area contributed by atoms with E-state index in [1.54, 1.807) is 32.9 Å². The summed E-state index contributed by atoms with van der Waals surface area (Å²) in [5.74, 6) is 0. The standard InChI is InChI=1S/C16H21Cl2N3O4S/c1-11(25-26(4,23)24)15(2,3)16(22,8-21-10-19-9-20-21)13-6-5-12(17)7-14(13)18/h5-7,9-11,22H,8H2,1-4H3. The van der Waals surface area contributed by atoms with Gasteiger partial charge in [-0.1, -0.05) is 43.1 Å². The van der Waals surface area contributed by atoms with Crippen LogP contribution in [0.4, 0.5) is 0 Å². The van der Waals surface area contributed by atoms with Gasteiger partial charge in [-0.2, -0.15) is 13.5 Å². The van der Waals surface area contributed by atoms with E-state index in [1.807, 2.05) is 0 Å². The van der Waals surface area contributed by atoms with E-state index < -0.39 is 27.2 Å². The molecule has 0 saturated heterocycles. The summed E-state index contributed by atoms with van der Waals surface area (Å²) >= 11 is 12.3. The SMILES string of the molecule is CC(OS(C)(=O)=O)C(C)(C)C(O)(Cn1cncn1)c1ccc(Cl)cc1Cl. The van der Waals surface area contributed by atoms with Crippen LogP contribution in [0, 0.1) is 5.41 Å². The molecular weight excluding hydrogens is 401 g/mol. The highest BCUT2D eigenvalue weighted by molar-refractivity contribution is 7.86. The van der Waals surface area contributed by atoms with Crippen LogP contribution in [0.3, 0.4) is 0 Å². The van der Waals surface area contributed by atoms with Crippen molar-refractivity contribution >= 4 is 33.3 Å². The van der Waals surface area contributed by atoms with Crippen molar-refractivity contribution in [2.24, 2.45) is 5.41 Å². The molecule has 10 heteroatoms. The van der Waals surface area contributed by atoms with E-state index in [-0.39, 0.29) is 11.6 Å². The van der Waals surface area contributed by atoms with Gasteiger partial charge in [0.05, 0.1) is 18.9 Å². The summed E-state index contributed by atoms with van der Waals surface area (Å²) < 4.78 is 29.8. The molecule has 144 valence electrons. The zero-order valence-corrected chi connectivity index (χ0v) is 17.2. The minimum absolute atomic E-state index is 0.0151. The molecule has 1 heterocycles. The Balaban J connectivity index is 2.59. The first-order chi connectivity index (χ1) is 11.9. The third-order valence-corrected chi connectivity index (χ3v) is 5.82. The van der Waals surface area contributed by atoms with E-state index in [4.69, 9.17) is 27.4 Å². The van der Waals surface area contributed by atoms with Crippen LogP contribution in [0.5, 0.6) is 0 Å². The Kier molecular flexibility index (Phi) is 6.04. The van der Waals surface area contributed by atoms with Gasteiger partial charge >= 0.3 is 0 Å². The second-order valence-electron chi connectivity index (χ2n) is 6.74. The fourth-order valence-corrected chi connectivity index (χ4v) is 4.06. The van der Waals surface area contributed by atoms with Crippen LogP contribution in [0.2, 0.25) is 10.0 Å². The van der Waals surface area contributed by atoms with Crippen LogP contribution in [-0.4, -0.2) is 40.6 Å². The number of nitrogens with zero attached hydrogens (tertiary/aromatic N) is 3. The fraction of sp³-hybridized carbons (Fsp3) is 0.500. The summed E-state index contributed by atoms with van der Waals surface area (Å²) in [6.45, 7) is 4.96. The Morgan fingerprint density at radius 1 is 1.35 bits per heavy atom. The highest BCUT2D eigenvalue weighted by Gasteiger charge is 2.51. The predicted octanol–water partition coefficient (Wildman–Crippen LogP) is 2.86. The molecule has 2 rings (SSSR count). The van der Waals surface area contributed by atoms with Crippen LogP contribution >= 0.6 is 23.2 Å². The summed E-state index contributed by atoms with van der Waals surface area (Å²) in [6, 6.07) is 4.73. The van der Waals surface area contributed by atoms with Crippen molar-refractivity contribution in [3.63, 3.8) is 0 Å². The van der Waals surface area contributed by atoms with Crippen molar-refractivity contribution < 1.29 is 17.7 Å². The zero-order valence-electron chi connectivity index (χ0n) is 14.8. The molecule has 0 bridgehead atoms. The van der Waals surface area contributed by atoms with Gasteiger partial charge in [-0.25, -0.2) is 9.67 Å². The first-order valence-corrected chi connectivity index (χ1v) is 10.3. The van der Waals surface area contributed by atoms with E-state index in [9.17, 15) is 13.5 Å². The molecule has 0 fully saturated rings. The molecule has 0 amide bonds. The summed E-state index contributed by atoms with van der Waals surface area (Å²) in [5, 5.41) is 16.4. The van der Waals surface area contributed by atoms with Gasteiger partial charge < -0.3 is 5.11 Å². The molecule has 0 aliphatic carbocycles. The van der Waals surface area contributed by atoms with Crippen molar-refractivity contribution in [2.75, 3.05) is 6.26 Å². The van der Waals surface area contributed by atoms with Crippen LogP contribution in [0.25, 0.3) is 0 Å². The normalized spacial score (nSPS) is 16.3. The smallest absolute Gasteiger partial charge is 0.264 e. The maximum absolute atomic E-state index is 11.7. The number of rotatable bonds is 7. The number of benzene rings is 1. The average molecular weight is 422 g/mol. The number of hydrogen-bond acceptors (Lipinski definition) is 6. The molecule has 0 aliphatic rings. The number of hydrogen-bond donors (Lipinski definition) is 1. The van der Waals surface area contributed by atoms with Gasteiger partial charge in [-0.05, 0) is 19.1 Å². The van der Waals surface area contributed by atoms with E-state index >= 15 is 0 Å². The van der Waals surface area contributed by atoms with Crippen molar-refractivity contribution in [3.05, 3.63) is 46.5 Å². The van der Waals surface area contributed by atoms with Crippen LogP contribution in [-0.2, 0) is 26.4 Å². The summed E-state index contributed by atoms with van der Waals surface area (Å²) in [4.78, 5) is 3.88. The molecule has 1 N–H and O–H groups in total. The summed E-state index contributed by atoms with van der Waals surface area (Å²) in [6.07, 6.45) is 2.89. The summed E-state index contributed by atoms with van der Waals surface area (Å²) in [7, 11) is -3.73. The van der Waals surface area contributed by atoms with Crippen LogP contribution < -0.4 is 0 Å². The quantitative estimate of drug-likeness (QED) is 0.690. The minimum Gasteiger partial charge on any atom is -0.382 e. The monoisotopic (exact) mass is 421 g/mol. The third-order valence-electron chi connectivity index (χ3n) is 4.64. The first kappa shape index (κ1) is 21.1. The van der Waals surface area contributed by atoms with Crippen molar-refractivity contribution in [3.8, 4) is 0 Å². The summed E-state index contributed by atoms with van der Waals surface area (Å²) in [5.41, 5.74) is -2.33. The average Bonchev–Trinajstić information content (AvgIpc) is 2.97. The Morgan fingerprint density at radius 2 is 2.00 bits per heavy atom. The Bertz CT molecular complexity index is 872. The first-order valence-electron chi connectivity index (χ1n) is 7.75. The molecule has 2 aromatic rings. The molecule has 1 aromatic carbocycles. The van der Waals surface area contributed by atoms with Gasteiger partial charge in [0, 0.05) is 21.0 Å². The molecule has 0 spiro atoms. The van der Waals surface area contributed by atoms with Gasteiger partial charge in [0.1, 0.15) is 18.3 Å². The Morgan fingerprint density at radius 3 is 2.50 bits per heavy atom. The number of halogens is 2. The van der Waals surface area contributed by atoms with E-state index in [0.717, 1.165) is 6.26 Å². The van der Waals surface area contributed by atoms with Crippen molar-refractivity contribution in [2.45, 2.75) is 39.0 Å². The maximum atomic E-state index is 11.7. The molecular formula is C16H21Cl2N3O4S. The molecule has 0 aliphatic heterocycles. The zero-order chi connectivity index (χ0) is 19.8. The molecule has 0 saturated carbocycles. The highest BCUT2D eigenvalue weighted by Crippen LogP contribution is 2.47. The third kappa shape index (κ3) is 4.37. The van der Waals surface area contributed by atoms with Crippen molar-refractivity contribution in [1.82, 2.24) is 14.8 Å². The van der Waals surface area contributed by atoms with Gasteiger partial charge in [0.25, 0.3) is 10.1 Å². The van der Waals surface area contributed by atoms with Gasteiger partial charge in [0.15, 0.2) is 0 Å². The van der Waals surface area contributed by atoms with Gasteiger partial charge in [-0.3, -0.25) is 4.18 Å². The van der Waals surface area contributed by atoms with E-state index in [1.165, 1.54) is 23.4 Å². The van der Waals surface area contributed by atoms with E-state index in [2.05, 4.69) is 10.1 Å². The van der Waals surface area contributed by atoms with E-state index in [0.29, 0.717) is 10.6 Å². The number of aromatic nitrogens is 3. The lowest BCUT2D eigenvalue weighted by atomic mass is 9.67. The second-order valence-corrected chi connectivity index (χ2v) is 9.19. The Hall–Kier alpha value is -1.19. The molecule has 2 unspecified atom stereocenters. The molecule has 0 radical (unpaired) electrons. The highest BCUT2D eigenvalue weighted by atomic mass is 35.5. The topological polar surface area (TPSA) is 94.3 Å². The molecule has 1 aromatic heterocycles. The predicted molar refractivity (Wildman–Crippen MR) is 99.6 cm³/mol. The lowest BCUT2D eigenvalue weighted by Crippen LogP contribution is -2.52. The molecule has 7 nitrogen and oxygen atoms in total. The van der Waals surface area contributed by atoms with Crippen LogP contribution in [0.1, 0.15) is 26.3 Å². The maximum Gasteiger partial charge on any atom is 0.264 e. The molecule has 26 heavy (non-hydrogen) atoms. The van der Waals surface area contributed by atoms with Gasteiger partial charge in [0.2, 0.25) is 0 Å². The fourth-order valence-electron chi connectivity index (χ4n) is 2.73. The lowest BCUT2D eigenvalue weighted by Gasteiger charge is -2.46. The van der Waals surface area contributed by atoms with Crippen molar-refractivity contribution in [1.29, 1.82) is 0 Å². The largest absolute Gasteiger partial charge is 0.382 e. The number of aliphatic hydroxyl groups is 1. The van der Waals surface area contributed by atoms with Gasteiger partial charge in [-0.15, -0.1) is 0 Å². The van der Waals surface area contributed by atoms with Crippen LogP contribution in [0.15, 0.2) is 30.9 Å². The minimum atomic E-state index is -3.73. The molecule has 2 atom stereocenters.